The van der Waals surface area contributed by atoms with Gasteiger partial charge in [0.25, 0.3) is 0 Å². The van der Waals surface area contributed by atoms with Gasteiger partial charge in [-0.25, -0.2) is 4.98 Å². The van der Waals surface area contributed by atoms with E-state index in [2.05, 4.69) is 16.4 Å². The van der Waals surface area contributed by atoms with Crippen LogP contribution in [0.3, 0.4) is 0 Å². The van der Waals surface area contributed by atoms with Gasteiger partial charge in [0.15, 0.2) is 5.13 Å². The summed E-state index contributed by atoms with van der Waals surface area (Å²) in [7, 11) is 0. The van der Waals surface area contributed by atoms with E-state index >= 15 is 0 Å². The fourth-order valence-electron chi connectivity index (χ4n) is 3.56. The summed E-state index contributed by atoms with van der Waals surface area (Å²) in [6.45, 7) is 0.749. The number of nitrogens with zero attached hydrogens (tertiary/aromatic N) is 1. The van der Waals surface area contributed by atoms with Crippen molar-refractivity contribution in [1.29, 1.82) is 0 Å². The topological polar surface area (TPSA) is 51.2 Å². The first-order valence-corrected chi connectivity index (χ1v) is 9.71. The first-order chi connectivity index (χ1) is 12.7. The van der Waals surface area contributed by atoms with E-state index in [1.165, 1.54) is 16.9 Å². The fraction of sp³-hybridized carbons (Fsp3) is 0.238. The van der Waals surface area contributed by atoms with Gasteiger partial charge in [0.05, 0.1) is 17.7 Å². The molecule has 0 atom stereocenters. The van der Waals surface area contributed by atoms with Gasteiger partial charge >= 0.3 is 0 Å². The summed E-state index contributed by atoms with van der Waals surface area (Å²) in [6.07, 6.45) is 2.73. The van der Waals surface area contributed by atoms with Crippen LogP contribution in [0.1, 0.15) is 24.0 Å². The maximum atomic E-state index is 12.8. The zero-order chi connectivity index (χ0) is 17.6. The molecule has 5 heteroatoms. The summed E-state index contributed by atoms with van der Waals surface area (Å²) >= 11 is 1.47. The summed E-state index contributed by atoms with van der Waals surface area (Å²) in [5.74, 6) is 1.02. The molecule has 26 heavy (non-hydrogen) atoms. The van der Waals surface area contributed by atoms with Crippen molar-refractivity contribution < 1.29 is 9.53 Å². The number of aromatic nitrogens is 1. The predicted molar refractivity (Wildman–Crippen MR) is 103 cm³/mol. The summed E-state index contributed by atoms with van der Waals surface area (Å²) in [5.41, 5.74) is 3.90. The third-order valence-electron chi connectivity index (χ3n) is 5.22. The van der Waals surface area contributed by atoms with Gasteiger partial charge in [-0.2, -0.15) is 0 Å². The minimum Gasteiger partial charge on any atom is -0.493 e. The second kappa shape index (κ2) is 5.95. The third kappa shape index (κ3) is 2.59. The number of carbonyl (C=O) groups excluding carboxylic acids is 1. The number of hydrogen-bond acceptors (Lipinski definition) is 4. The first-order valence-electron chi connectivity index (χ1n) is 8.83. The third-order valence-corrected chi connectivity index (χ3v) is 5.98. The highest BCUT2D eigenvalue weighted by Gasteiger charge is 2.51. The molecule has 0 bridgehead atoms. The molecule has 2 aliphatic rings. The molecule has 130 valence electrons. The highest BCUT2D eigenvalue weighted by Crippen LogP contribution is 2.49. The van der Waals surface area contributed by atoms with Crippen LogP contribution in [0.2, 0.25) is 0 Å². The van der Waals surface area contributed by atoms with Gasteiger partial charge in [-0.3, -0.25) is 4.79 Å². The molecular weight excluding hydrogens is 344 g/mol. The Morgan fingerprint density at radius 2 is 2.00 bits per heavy atom. The molecule has 1 fully saturated rings. The lowest BCUT2D eigenvalue weighted by Crippen LogP contribution is -2.27. The first kappa shape index (κ1) is 15.6. The SMILES string of the molecule is O=C(Nc1nc(-c2ccc3c(c2)CCO3)cs1)C1(c2ccccc2)CC1. The summed E-state index contributed by atoms with van der Waals surface area (Å²) < 4.78 is 5.56. The average molecular weight is 362 g/mol. The maximum Gasteiger partial charge on any atom is 0.236 e. The molecule has 1 aliphatic heterocycles. The Morgan fingerprint density at radius 1 is 1.15 bits per heavy atom. The Labute approximate surface area is 155 Å². The van der Waals surface area contributed by atoms with Crippen molar-refractivity contribution >= 4 is 22.4 Å². The zero-order valence-corrected chi connectivity index (χ0v) is 15.0. The molecule has 2 aromatic carbocycles. The fourth-order valence-corrected chi connectivity index (χ4v) is 4.27. The number of hydrogen-bond donors (Lipinski definition) is 1. The summed E-state index contributed by atoms with van der Waals surface area (Å²) in [5, 5.41) is 5.68. The van der Waals surface area contributed by atoms with E-state index in [4.69, 9.17) is 4.74 Å². The van der Waals surface area contributed by atoms with E-state index in [1.54, 1.807) is 0 Å². The Balaban J connectivity index is 1.36. The lowest BCUT2D eigenvalue weighted by Gasteiger charge is -2.14. The van der Waals surface area contributed by atoms with Crippen molar-refractivity contribution in [2.75, 3.05) is 11.9 Å². The number of carbonyl (C=O) groups is 1. The lowest BCUT2D eigenvalue weighted by atomic mass is 9.95. The van der Waals surface area contributed by atoms with Gasteiger partial charge < -0.3 is 10.1 Å². The van der Waals surface area contributed by atoms with Crippen LogP contribution in [0.25, 0.3) is 11.3 Å². The Bertz CT molecular complexity index is 977. The van der Waals surface area contributed by atoms with E-state index in [9.17, 15) is 4.79 Å². The normalized spacial score (nSPS) is 16.6. The highest BCUT2D eigenvalue weighted by molar-refractivity contribution is 7.14. The van der Waals surface area contributed by atoms with E-state index in [-0.39, 0.29) is 11.3 Å². The molecule has 1 amide bonds. The van der Waals surface area contributed by atoms with Crippen LogP contribution < -0.4 is 10.1 Å². The van der Waals surface area contributed by atoms with E-state index < -0.39 is 0 Å². The number of thiazole rings is 1. The quantitative estimate of drug-likeness (QED) is 0.748. The molecule has 0 radical (unpaired) electrons. The van der Waals surface area contributed by atoms with Gasteiger partial charge in [0.1, 0.15) is 5.75 Å². The molecule has 1 saturated carbocycles. The predicted octanol–water partition coefficient (Wildman–Crippen LogP) is 4.42. The molecule has 0 spiro atoms. The molecule has 4 nitrogen and oxygen atoms in total. The number of fused-ring (bicyclic) bond motifs is 1. The standard InChI is InChI=1S/C21H18N2O2S/c24-19(21(9-10-21)16-4-2-1-3-5-16)23-20-22-17(13-26-20)14-6-7-18-15(12-14)8-11-25-18/h1-7,12-13H,8-11H2,(H,22,23,24). The van der Waals surface area contributed by atoms with Crippen molar-refractivity contribution in [3.05, 3.63) is 65.0 Å². The monoisotopic (exact) mass is 362 g/mol. The minimum absolute atomic E-state index is 0.0481. The van der Waals surface area contributed by atoms with Crippen molar-refractivity contribution in [1.82, 2.24) is 4.98 Å². The smallest absolute Gasteiger partial charge is 0.236 e. The van der Waals surface area contributed by atoms with Gasteiger partial charge in [-0.1, -0.05) is 30.3 Å². The molecular formula is C21H18N2O2S. The van der Waals surface area contributed by atoms with Crippen molar-refractivity contribution in [3.63, 3.8) is 0 Å². The molecule has 1 N–H and O–H groups in total. The maximum absolute atomic E-state index is 12.8. The molecule has 5 rings (SSSR count). The van der Waals surface area contributed by atoms with E-state index in [0.717, 1.165) is 48.4 Å². The van der Waals surface area contributed by atoms with Gasteiger partial charge in [-0.05, 0) is 42.2 Å². The number of benzene rings is 2. The number of ether oxygens (including phenoxy) is 1. The molecule has 0 unspecified atom stereocenters. The van der Waals surface area contributed by atoms with Crippen LogP contribution in [0, 0.1) is 0 Å². The van der Waals surface area contributed by atoms with Crippen LogP contribution in [0.15, 0.2) is 53.9 Å². The average Bonchev–Trinajstić information content (AvgIpc) is 3.13. The Kier molecular flexibility index (Phi) is 3.57. The number of nitrogens with one attached hydrogen (secondary N) is 1. The van der Waals surface area contributed by atoms with Crippen LogP contribution in [0.4, 0.5) is 5.13 Å². The van der Waals surface area contributed by atoms with Gasteiger partial charge in [0, 0.05) is 17.4 Å². The van der Waals surface area contributed by atoms with Gasteiger partial charge in [0.2, 0.25) is 5.91 Å². The number of amides is 1. The Morgan fingerprint density at radius 3 is 2.81 bits per heavy atom. The molecule has 1 aliphatic carbocycles. The van der Waals surface area contributed by atoms with Crippen LogP contribution in [0.5, 0.6) is 5.75 Å². The highest BCUT2D eigenvalue weighted by atomic mass is 32.1. The zero-order valence-electron chi connectivity index (χ0n) is 14.2. The second-order valence-electron chi connectivity index (χ2n) is 6.86. The largest absolute Gasteiger partial charge is 0.493 e. The summed E-state index contributed by atoms with van der Waals surface area (Å²) in [6, 6.07) is 16.2. The van der Waals surface area contributed by atoms with Crippen molar-refractivity contribution in [3.8, 4) is 17.0 Å². The van der Waals surface area contributed by atoms with Crippen molar-refractivity contribution in [2.45, 2.75) is 24.7 Å². The molecule has 2 heterocycles. The number of anilines is 1. The Hall–Kier alpha value is -2.66. The molecule has 0 saturated heterocycles. The van der Waals surface area contributed by atoms with Crippen LogP contribution >= 0.6 is 11.3 Å². The number of rotatable bonds is 4. The van der Waals surface area contributed by atoms with E-state index in [0.29, 0.717) is 5.13 Å². The molecule has 3 aromatic rings. The van der Waals surface area contributed by atoms with Crippen molar-refractivity contribution in [2.24, 2.45) is 0 Å². The minimum atomic E-state index is -0.377. The van der Waals surface area contributed by atoms with Gasteiger partial charge in [-0.15, -0.1) is 11.3 Å². The summed E-state index contributed by atoms with van der Waals surface area (Å²) in [4.78, 5) is 17.5. The molecule has 1 aromatic heterocycles. The van der Waals surface area contributed by atoms with E-state index in [1.807, 2.05) is 47.8 Å². The van der Waals surface area contributed by atoms with Crippen LogP contribution in [-0.4, -0.2) is 17.5 Å². The van der Waals surface area contributed by atoms with Crippen LogP contribution in [-0.2, 0) is 16.6 Å². The second-order valence-corrected chi connectivity index (χ2v) is 7.72. The lowest BCUT2D eigenvalue weighted by molar-refractivity contribution is -0.118.